The van der Waals surface area contributed by atoms with Gasteiger partial charge >= 0.3 is 0 Å². The fraction of sp³-hybridized carbons (Fsp3) is 0.800. The van der Waals surface area contributed by atoms with E-state index in [1.165, 1.54) is 12.8 Å². The van der Waals surface area contributed by atoms with Gasteiger partial charge in [0.15, 0.2) is 0 Å². The number of Topliss-reactive ketones (excluding diaryl/α,β-unsaturated/α-hetero) is 1. The van der Waals surface area contributed by atoms with Gasteiger partial charge in [-0.25, -0.2) is 0 Å². The SMILES string of the molecule is CCNC(=O)C(=O)[C@H](CC1CC1)NC. The first-order chi connectivity index (χ1) is 6.69. The quantitative estimate of drug-likeness (QED) is 0.594. The molecule has 0 saturated heterocycles. The van der Waals surface area contributed by atoms with Gasteiger partial charge in [-0.05, 0) is 26.3 Å². The van der Waals surface area contributed by atoms with Crippen molar-refractivity contribution in [2.24, 2.45) is 5.92 Å². The van der Waals surface area contributed by atoms with E-state index in [0.29, 0.717) is 12.5 Å². The first-order valence-electron chi connectivity index (χ1n) is 5.18. The summed E-state index contributed by atoms with van der Waals surface area (Å²) < 4.78 is 0. The summed E-state index contributed by atoms with van der Waals surface area (Å²) in [5.74, 6) is -0.153. The summed E-state index contributed by atoms with van der Waals surface area (Å²) in [5.41, 5.74) is 0. The highest BCUT2D eigenvalue weighted by Gasteiger charge is 2.30. The predicted octanol–water partition coefficient (Wildman–Crippen LogP) is 0.0797. The Kier molecular flexibility index (Phi) is 4.07. The third-order valence-corrected chi connectivity index (χ3v) is 2.49. The highest BCUT2D eigenvalue weighted by Crippen LogP contribution is 2.33. The third kappa shape index (κ3) is 3.10. The van der Waals surface area contributed by atoms with Crippen LogP contribution in [0.25, 0.3) is 0 Å². The molecule has 0 radical (unpaired) electrons. The highest BCUT2D eigenvalue weighted by molar-refractivity contribution is 6.38. The van der Waals surface area contributed by atoms with Crippen LogP contribution in [0.2, 0.25) is 0 Å². The lowest BCUT2D eigenvalue weighted by Gasteiger charge is -2.13. The standard InChI is InChI=1S/C10H18N2O2/c1-3-12-10(14)9(13)8(11-2)6-7-4-5-7/h7-8,11H,3-6H2,1-2H3,(H,12,14)/t8-/m0/s1. The average molecular weight is 198 g/mol. The van der Waals surface area contributed by atoms with Crippen molar-refractivity contribution < 1.29 is 9.59 Å². The summed E-state index contributed by atoms with van der Waals surface area (Å²) in [6.07, 6.45) is 3.19. The van der Waals surface area contributed by atoms with Gasteiger partial charge in [0.25, 0.3) is 5.91 Å². The van der Waals surface area contributed by atoms with Crippen LogP contribution in [0.3, 0.4) is 0 Å². The molecule has 0 aromatic rings. The average Bonchev–Trinajstić information content (AvgIpc) is 2.97. The predicted molar refractivity (Wildman–Crippen MR) is 53.9 cm³/mol. The fourth-order valence-electron chi connectivity index (χ4n) is 1.45. The second kappa shape index (κ2) is 5.10. The van der Waals surface area contributed by atoms with E-state index in [0.717, 1.165) is 6.42 Å². The zero-order chi connectivity index (χ0) is 10.6. The molecule has 0 spiro atoms. The number of carbonyl (C=O) groups is 2. The van der Waals surface area contributed by atoms with Crippen LogP contribution in [-0.2, 0) is 9.59 Å². The molecule has 1 rings (SSSR count). The topological polar surface area (TPSA) is 58.2 Å². The minimum Gasteiger partial charge on any atom is -0.350 e. The molecule has 1 aliphatic carbocycles. The second-order valence-corrected chi connectivity index (χ2v) is 3.74. The zero-order valence-corrected chi connectivity index (χ0v) is 8.80. The van der Waals surface area contributed by atoms with Crippen LogP contribution in [0.5, 0.6) is 0 Å². The van der Waals surface area contributed by atoms with Crippen molar-refractivity contribution in [2.45, 2.75) is 32.2 Å². The Morgan fingerprint density at radius 1 is 1.43 bits per heavy atom. The van der Waals surface area contributed by atoms with Gasteiger partial charge in [-0.15, -0.1) is 0 Å². The summed E-state index contributed by atoms with van der Waals surface area (Å²) in [6, 6.07) is -0.297. The molecule has 0 aromatic heterocycles. The third-order valence-electron chi connectivity index (χ3n) is 2.49. The number of hydrogen-bond acceptors (Lipinski definition) is 3. The van der Waals surface area contributed by atoms with Crippen molar-refractivity contribution in [1.29, 1.82) is 0 Å². The van der Waals surface area contributed by atoms with Crippen LogP contribution in [0, 0.1) is 5.92 Å². The maximum absolute atomic E-state index is 11.6. The van der Waals surface area contributed by atoms with E-state index in [9.17, 15) is 9.59 Å². The molecule has 0 unspecified atom stereocenters. The highest BCUT2D eigenvalue weighted by atomic mass is 16.2. The Labute approximate surface area is 84.4 Å². The van der Waals surface area contributed by atoms with Gasteiger partial charge in [0.2, 0.25) is 5.78 Å². The van der Waals surface area contributed by atoms with Crippen molar-refractivity contribution in [3.63, 3.8) is 0 Å². The fourth-order valence-corrected chi connectivity index (χ4v) is 1.45. The molecule has 1 aliphatic rings. The van der Waals surface area contributed by atoms with Crippen LogP contribution in [0.15, 0.2) is 0 Å². The van der Waals surface area contributed by atoms with Gasteiger partial charge < -0.3 is 10.6 Å². The van der Waals surface area contributed by atoms with Gasteiger partial charge in [-0.2, -0.15) is 0 Å². The van der Waals surface area contributed by atoms with Crippen LogP contribution >= 0.6 is 0 Å². The number of likely N-dealkylation sites (N-methyl/N-ethyl adjacent to an activating group) is 2. The first-order valence-corrected chi connectivity index (χ1v) is 5.18. The minimum atomic E-state index is -0.465. The van der Waals surface area contributed by atoms with Crippen LogP contribution in [-0.4, -0.2) is 31.3 Å². The maximum Gasteiger partial charge on any atom is 0.289 e. The maximum atomic E-state index is 11.6. The number of nitrogens with one attached hydrogen (secondary N) is 2. The van der Waals surface area contributed by atoms with Crippen LogP contribution in [0.1, 0.15) is 26.2 Å². The Morgan fingerprint density at radius 2 is 2.07 bits per heavy atom. The molecular weight excluding hydrogens is 180 g/mol. The monoisotopic (exact) mass is 198 g/mol. The van der Waals surface area contributed by atoms with E-state index < -0.39 is 5.91 Å². The van der Waals surface area contributed by atoms with Crippen molar-refractivity contribution in [2.75, 3.05) is 13.6 Å². The zero-order valence-electron chi connectivity index (χ0n) is 8.80. The molecule has 0 bridgehead atoms. The lowest BCUT2D eigenvalue weighted by Crippen LogP contribution is -2.44. The van der Waals surface area contributed by atoms with E-state index in [2.05, 4.69) is 10.6 Å². The van der Waals surface area contributed by atoms with E-state index in [1.54, 1.807) is 14.0 Å². The molecular formula is C10H18N2O2. The van der Waals surface area contributed by atoms with Crippen LogP contribution < -0.4 is 10.6 Å². The summed E-state index contributed by atoms with van der Waals surface area (Å²) in [6.45, 7) is 2.31. The van der Waals surface area contributed by atoms with Gasteiger partial charge in [-0.3, -0.25) is 9.59 Å². The number of amides is 1. The van der Waals surface area contributed by atoms with Crippen molar-refractivity contribution >= 4 is 11.7 Å². The molecule has 14 heavy (non-hydrogen) atoms. The van der Waals surface area contributed by atoms with Gasteiger partial charge in [0, 0.05) is 6.54 Å². The number of hydrogen-bond donors (Lipinski definition) is 2. The smallest absolute Gasteiger partial charge is 0.289 e. The Bertz CT molecular complexity index is 224. The normalized spacial score (nSPS) is 17.6. The molecule has 1 fully saturated rings. The Morgan fingerprint density at radius 3 is 2.50 bits per heavy atom. The largest absolute Gasteiger partial charge is 0.350 e. The number of ketones is 1. The molecule has 4 heteroatoms. The second-order valence-electron chi connectivity index (χ2n) is 3.74. The van der Waals surface area contributed by atoms with E-state index >= 15 is 0 Å². The van der Waals surface area contributed by atoms with E-state index in [-0.39, 0.29) is 11.8 Å². The molecule has 1 amide bonds. The summed E-state index contributed by atoms with van der Waals surface area (Å²) in [7, 11) is 1.73. The summed E-state index contributed by atoms with van der Waals surface area (Å²) >= 11 is 0. The Hall–Kier alpha value is -0.900. The summed E-state index contributed by atoms with van der Waals surface area (Å²) in [4.78, 5) is 22.8. The van der Waals surface area contributed by atoms with Crippen molar-refractivity contribution in [3.05, 3.63) is 0 Å². The van der Waals surface area contributed by atoms with Gasteiger partial charge in [-0.1, -0.05) is 12.8 Å². The van der Waals surface area contributed by atoms with Crippen molar-refractivity contribution in [1.82, 2.24) is 10.6 Å². The van der Waals surface area contributed by atoms with E-state index in [1.807, 2.05) is 0 Å². The molecule has 4 nitrogen and oxygen atoms in total. The van der Waals surface area contributed by atoms with Gasteiger partial charge in [0.1, 0.15) is 0 Å². The number of rotatable bonds is 6. The van der Waals surface area contributed by atoms with Crippen molar-refractivity contribution in [3.8, 4) is 0 Å². The molecule has 0 aromatic carbocycles. The molecule has 0 aliphatic heterocycles. The molecule has 1 saturated carbocycles. The lowest BCUT2D eigenvalue weighted by atomic mass is 10.1. The first kappa shape index (κ1) is 11.2. The van der Waals surface area contributed by atoms with Crippen LogP contribution in [0.4, 0.5) is 0 Å². The minimum absolute atomic E-state index is 0.297. The Balaban J connectivity index is 2.40. The van der Waals surface area contributed by atoms with E-state index in [4.69, 9.17) is 0 Å². The molecule has 2 N–H and O–H groups in total. The molecule has 80 valence electrons. The molecule has 1 atom stereocenters. The lowest BCUT2D eigenvalue weighted by molar-refractivity contribution is -0.139. The van der Waals surface area contributed by atoms with Gasteiger partial charge in [0.05, 0.1) is 6.04 Å². The summed E-state index contributed by atoms with van der Waals surface area (Å²) in [5, 5.41) is 5.43. The molecule has 0 heterocycles. The number of carbonyl (C=O) groups excluding carboxylic acids is 2.